The minimum Gasteiger partial charge on any atom is -0.449 e. The molecule has 0 aliphatic rings. The summed E-state index contributed by atoms with van der Waals surface area (Å²) >= 11 is 15.0. The fourth-order valence-corrected chi connectivity index (χ4v) is 2.44. The van der Waals surface area contributed by atoms with Crippen molar-refractivity contribution in [1.29, 1.82) is 0 Å². The standard InChI is InChI=1S/C13H8BrCl2NO3/c1-7-2-3-12(8(14)4-7)20-13-6-10(16)9(15)5-11(13)17(18)19/h2-6H,1H3. The lowest BCUT2D eigenvalue weighted by Gasteiger charge is -2.09. The summed E-state index contributed by atoms with van der Waals surface area (Å²) in [7, 11) is 0. The third-order valence-corrected chi connectivity index (χ3v) is 3.85. The quantitative estimate of drug-likeness (QED) is 0.505. The first kappa shape index (κ1) is 15.1. The third kappa shape index (κ3) is 3.23. The lowest BCUT2D eigenvalue weighted by molar-refractivity contribution is -0.385. The highest BCUT2D eigenvalue weighted by Gasteiger charge is 2.19. The van der Waals surface area contributed by atoms with E-state index in [1.807, 2.05) is 19.1 Å². The van der Waals surface area contributed by atoms with Crippen LogP contribution in [0.25, 0.3) is 0 Å². The fraction of sp³-hybridized carbons (Fsp3) is 0.0769. The molecule has 0 atom stereocenters. The van der Waals surface area contributed by atoms with Gasteiger partial charge in [0.25, 0.3) is 0 Å². The fourth-order valence-electron chi connectivity index (χ4n) is 1.55. The summed E-state index contributed by atoms with van der Waals surface area (Å²) in [5, 5.41) is 11.3. The number of ether oxygens (including phenoxy) is 1. The number of nitro groups is 1. The normalized spacial score (nSPS) is 10.4. The molecule has 0 amide bonds. The van der Waals surface area contributed by atoms with Crippen molar-refractivity contribution in [3.05, 3.63) is 60.5 Å². The van der Waals surface area contributed by atoms with Crippen LogP contribution in [0.3, 0.4) is 0 Å². The van der Waals surface area contributed by atoms with Crippen molar-refractivity contribution in [2.75, 3.05) is 0 Å². The zero-order valence-electron chi connectivity index (χ0n) is 10.2. The van der Waals surface area contributed by atoms with Crippen LogP contribution in [-0.4, -0.2) is 4.92 Å². The molecule has 0 aliphatic heterocycles. The van der Waals surface area contributed by atoms with E-state index in [2.05, 4.69) is 15.9 Å². The Hall–Kier alpha value is -1.30. The number of aryl methyl sites for hydroxylation is 1. The highest BCUT2D eigenvalue weighted by Crippen LogP contribution is 2.39. The molecule has 20 heavy (non-hydrogen) atoms. The lowest BCUT2D eigenvalue weighted by atomic mass is 10.2. The van der Waals surface area contributed by atoms with E-state index in [0.29, 0.717) is 10.2 Å². The highest BCUT2D eigenvalue weighted by molar-refractivity contribution is 9.10. The van der Waals surface area contributed by atoms with E-state index in [0.717, 1.165) is 5.56 Å². The molecule has 2 rings (SSSR count). The van der Waals surface area contributed by atoms with Crippen LogP contribution in [0.2, 0.25) is 10.0 Å². The van der Waals surface area contributed by atoms with Crippen LogP contribution in [0, 0.1) is 17.0 Å². The molecule has 4 nitrogen and oxygen atoms in total. The topological polar surface area (TPSA) is 52.4 Å². The Balaban J connectivity index is 2.47. The summed E-state index contributed by atoms with van der Waals surface area (Å²) in [4.78, 5) is 10.5. The van der Waals surface area contributed by atoms with E-state index in [-0.39, 0.29) is 21.5 Å². The molecular weight excluding hydrogens is 369 g/mol. The molecule has 0 aromatic heterocycles. The van der Waals surface area contributed by atoms with E-state index in [4.69, 9.17) is 27.9 Å². The maximum atomic E-state index is 11.0. The van der Waals surface area contributed by atoms with Gasteiger partial charge in [-0.05, 0) is 40.5 Å². The molecule has 7 heteroatoms. The second-order valence-electron chi connectivity index (χ2n) is 4.03. The van der Waals surface area contributed by atoms with Gasteiger partial charge >= 0.3 is 5.69 Å². The van der Waals surface area contributed by atoms with Crippen LogP contribution in [-0.2, 0) is 0 Å². The Morgan fingerprint density at radius 1 is 1.15 bits per heavy atom. The first-order valence-corrected chi connectivity index (χ1v) is 7.01. The number of nitrogens with zero attached hydrogens (tertiary/aromatic N) is 1. The Labute approximate surface area is 133 Å². The van der Waals surface area contributed by atoms with E-state index in [1.165, 1.54) is 12.1 Å². The molecule has 0 radical (unpaired) electrons. The second kappa shape index (κ2) is 5.99. The Bertz CT molecular complexity index is 692. The van der Waals surface area contributed by atoms with Crippen molar-refractivity contribution in [1.82, 2.24) is 0 Å². The maximum absolute atomic E-state index is 11.0. The molecular formula is C13H8BrCl2NO3. The van der Waals surface area contributed by atoms with Crippen LogP contribution in [0.4, 0.5) is 5.69 Å². The number of benzene rings is 2. The minimum absolute atomic E-state index is 0.0361. The highest BCUT2D eigenvalue weighted by atomic mass is 79.9. The molecule has 0 saturated heterocycles. The molecule has 2 aromatic rings. The first-order valence-electron chi connectivity index (χ1n) is 5.46. The van der Waals surface area contributed by atoms with E-state index >= 15 is 0 Å². The van der Waals surface area contributed by atoms with Gasteiger partial charge in [-0.2, -0.15) is 0 Å². The average molecular weight is 377 g/mol. The third-order valence-electron chi connectivity index (χ3n) is 2.51. The van der Waals surface area contributed by atoms with E-state index < -0.39 is 4.92 Å². The predicted octanol–water partition coefficient (Wildman–Crippen LogP) is 5.76. The summed E-state index contributed by atoms with van der Waals surface area (Å²) in [5.74, 6) is 0.492. The van der Waals surface area contributed by atoms with Gasteiger partial charge in [0.05, 0.1) is 19.4 Å². The van der Waals surface area contributed by atoms with Crippen molar-refractivity contribution in [2.45, 2.75) is 6.92 Å². The van der Waals surface area contributed by atoms with Crippen LogP contribution in [0.5, 0.6) is 11.5 Å². The second-order valence-corrected chi connectivity index (χ2v) is 5.70. The molecule has 0 N–H and O–H groups in total. The summed E-state index contributed by atoms with van der Waals surface area (Å²) in [6.45, 7) is 1.93. The minimum atomic E-state index is -0.570. The Kier molecular flexibility index (Phi) is 4.52. The Morgan fingerprint density at radius 2 is 1.80 bits per heavy atom. The number of hydrogen-bond acceptors (Lipinski definition) is 3. The summed E-state index contributed by atoms with van der Waals surface area (Å²) < 4.78 is 6.25. The van der Waals surface area contributed by atoms with Crippen LogP contribution < -0.4 is 4.74 Å². The maximum Gasteiger partial charge on any atom is 0.313 e. The van der Waals surface area contributed by atoms with Gasteiger partial charge in [0.1, 0.15) is 5.75 Å². The van der Waals surface area contributed by atoms with Crippen molar-refractivity contribution in [3.8, 4) is 11.5 Å². The van der Waals surface area contributed by atoms with Crippen molar-refractivity contribution < 1.29 is 9.66 Å². The molecule has 0 saturated carbocycles. The van der Waals surface area contributed by atoms with Gasteiger partial charge in [-0.25, -0.2) is 0 Å². The molecule has 0 bridgehead atoms. The van der Waals surface area contributed by atoms with E-state index in [9.17, 15) is 10.1 Å². The number of nitro benzene ring substituents is 1. The van der Waals surface area contributed by atoms with Crippen LogP contribution in [0.1, 0.15) is 5.56 Å². The molecule has 0 fully saturated rings. The Morgan fingerprint density at radius 3 is 2.40 bits per heavy atom. The van der Waals surface area contributed by atoms with Gasteiger partial charge in [0.15, 0.2) is 0 Å². The predicted molar refractivity (Wildman–Crippen MR) is 82.1 cm³/mol. The zero-order chi connectivity index (χ0) is 14.9. The van der Waals surface area contributed by atoms with Crippen molar-refractivity contribution in [3.63, 3.8) is 0 Å². The van der Waals surface area contributed by atoms with Crippen LogP contribution >= 0.6 is 39.1 Å². The number of halogens is 3. The van der Waals surface area contributed by atoms with E-state index in [1.54, 1.807) is 6.07 Å². The molecule has 0 heterocycles. The number of hydrogen-bond donors (Lipinski definition) is 0. The molecule has 2 aromatic carbocycles. The smallest absolute Gasteiger partial charge is 0.313 e. The first-order chi connectivity index (χ1) is 9.38. The SMILES string of the molecule is Cc1ccc(Oc2cc(Cl)c(Cl)cc2[N+](=O)[O-])c(Br)c1. The molecule has 0 spiro atoms. The zero-order valence-corrected chi connectivity index (χ0v) is 13.3. The largest absolute Gasteiger partial charge is 0.449 e. The summed E-state index contributed by atoms with van der Waals surface area (Å²) in [6.07, 6.45) is 0. The monoisotopic (exact) mass is 375 g/mol. The summed E-state index contributed by atoms with van der Waals surface area (Å²) in [5.41, 5.74) is 0.791. The van der Waals surface area contributed by atoms with Gasteiger partial charge in [0.2, 0.25) is 5.75 Å². The number of rotatable bonds is 3. The van der Waals surface area contributed by atoms with Crippen molar-refractivity contribution >= 4 is 44.8 Å². The average Bonchev–Trinajstić information content (AvgIpc) is 2.36. The van der Waals surface area contributed by atoms with Gasteiger partial charge in [0, 0.05) is 12.1 Å². The molecule has 0 unspecified atom stereocenters. The van der Waals surface area contributed by atoms with Gasteiger partial charge in [-0.3, -0.25) is 10.1 Å². The van der Waals surface area contributed by atoms with Gasteiger partial charge in [-0.1, -0.05) is 29.3 Å². The lowest BCUT2D eigenvalue weighted by Crippen LogP contribution is -1.94. The van der Waals surface area contributed by atoms with Gasteiger partial charge in [-0.15, -0.1) is 0 Å². The molecule has 104 valence electrons. The van der Waals surface area contributed by atoms with Gasteiger partial charge < -0.3 is 4.74 Å². The summed E-state index contributed by atoms with van der Waals surface area (Å²) in [6, 6.07) is 7.89. The van der Waals surface area contributed by atoms with Crippen LogP contribution in [0.15, 0.2) is 34.8 Å². The van der Waals surface area contributed by atoms with Crippen molar-refractivity contribution in [2.24, 2.45) is 0 Å². The molecule has 0 aliphatic carbocycles.